The summed E-state index contributed by atoms with van der Waals surface area (Å²) in [7, 11) is -3.08. The second kappa shape index (κ2) is 6.44. The predicted octanol–water partition coefficient (Wildman–Crippen LogP) is 1.04. The van der Waals surface area contributed by atoms with Gasteiger partial charge in [0.15, 0.2) is 9.84 Å². The van der Waals surface area contributed by atoms with E-state index in [4.69, 9.17) is 0 Å². The van der Waals surface area contributed by atoms with Crippen LogP contribution in [0.15, 0.2) is 24.3 Å². The van der Waals surface area contributed by atoms with Crippen LogP contribution < -0.4 is 5.32 Å². The number of benzene rings is 1. The van der Waals surface area contributed by atoms with Crippen molar-refractivity contribution in [2.24, 2.45) is 5.92 Å². The minimum atomic E-state index is -3.08. The lowest BCUT2D eigenvalue weighted by molar-refractivity contribution is -0.129. The van der Waals surface area contributed by atoms with E-state index >= 15 is 0 Å². The fourth-order valence-electron chi connectivity index (χ4n) is 3.52. The molecular formula is C18H24N2O4S. The Labute approximate surface area is 148 Å². The third-order valence-corrected chi connectivity index (χ3v) is 6.91. The first-order valence-electron chi connectivity index (χ1n) is 8.52. The lowest BCUT2D eigenvalue weighted by atomic mass is 9.99. The van der Waals surface area contributed by atoms with Crippen molar-refractivity contribution >= 4 is 21.7 Å². The molecule has 7 heteroatoms. The van der Waals surface area contributed by atoms with Crippen LogP contribution in [-0.4, -0.2) is 48.7 Å². The topological polar surface area (TPSA) is 83.6 Å². The third-order valence-electron chi connectivity index (χ3n) is 5.01. The summed E-state index contributed by atoms with van der Waals surface area (Å²) in [6, 6.07) is 7.98. The maximum Gasteiger partial charge on any atom is 0.225 e. The quantitative estimate of drug-likeness (QED) is 0.865. The Balaban J connectivity index is 1.60. The Kier molecular flexibility index (Phi) is 4.62. The average Bonchev–Trinajstić information content (AvgIpc) is 3.01. The summed E-state index contributed by atoms with van der Waals surface area (Å²) >= 11 is 0. The largest absolute Gasteiger partial charge is 0.350 e. The molecule has 25 heavy (non-hydrogen) atoms. The molecule has 1 aromatic rings. The van der Waals surface area contributed by atoms with Crippen LogP contribution >= 0.6 is 0 Å². The highest BCUT2D eigenvalue weighted by Gasteiger charge is 2.42. The van der Waals surface area contributed by atoms with Crippen LogP contribution in [0.3, 0.4) is 0 Å². The van der Waals surface area contributed by atoms with Gasteiger partial charge in [0.05, 0.1) is 23.0 Å². The molecule has 2 heterocycles. The molecule has 1 N–H and O–H groups in total. The molecule has 2 saturated heterocycles. The van der Waals surface area contributed by atoms with E-state index in [-0.39, 0.29) is 29.7 Å². The van der Waals surface area contributed by atoms with Gasteiger partial charge in [0.25, 0.3) is 0 Å². The molecule has 2 fully saturated rings. The summed E-state index contributed by atoms with van der Waals surface area (Å²) in [5, 5.41) is 2.87. The van der Waals surface area contributed by atoms with E-state index in [0.717, 1.165) is 11.1 Å². The molecule has 6 nitrogen and oxygen atoms in total. The van der Waals surface area contributed by atoms with Gasteiger partial charge in [-0.05, 0) is 25.8 Å². The second-order valence-corrected chi connectivity index (χ2v) is 9.74. The maximum atomic E-state index is 12.5. The van der Waals surface area contributed by atoms with Crippen LogP contribution in [-0.2, 0) is 26.0 Å². The third kappa shape index (κ3) is 4.21. The van der Waals surface area contributed by atoms with Crippen LogP contribution in [0.1, 0.15) is 30.9 Å². The van der Waals surface area contributed by atoms with Crippen molar-refractivity contribution in [2.45, 2.75) is 38.8 Å². The maximum absolute atomic E-state index is 12.5. The first-order chi connectivity index (χ1) is 11.7. The van der Waals surface area contributed by atoms with Crippen molar-refractivity contribution < 1.29 is 18.0 Å². The van der Waals surface area contributed by atoms with Gasteiger partial charge >= 0.3 is 0 Å². The van der Waals surface area contributed by atoms with Crippen molar-refractivity contribution in [1.29, 1.82) is 0 Å². The zero-order chi connectivity index (χ0) is 18.2. The number of likely N-dealkylation sites (tertiary alicyclic amines) is 1. The molecule has 0 radical (unpaired) electrons. The smallest absolute Gasteiger partial charge is 0.225 e. The number of carbonyl (C=O) groups excluding carboxylic acids is 2. The van der Waals surface area contributed by atoms with E-state index in [2.05, 4.69) is 5.32 Å². The molecule has 0 aliphatic carbocycles. The molecule has 2 aliphatic heterocycles. The van der Waals surface area contributed by atoms with E-state index in [0.29, 0.717) is 19.5 Å². The summed E-state index contributed by atoms with van der Waals surface area (Å²) < 4.78 is 23.3. The zero-order valence-corrected chi connectivity index (χ0v) is 15.4. The molecule has 0 saturated carbocycles. The highest BCUT2D eigenvalue weighted by molar-refractivity contribution is 7.91. The number of hydrogen-bond donors (Lipinski definition) is 1. The van der Waals surface area contributed by atoms with Crippen molar-refractivity contribution in [3.8, 4) is 0 Å². The molecule has 2 unspecified atom stereocenters. The first kappa shape index (κ1) is 17.9. The molecule has 1 aromatic carbocycles. The van der Waals surface area contributed by atoms with Gasteiger partial charge < -0.3 is 10.2 Å². The average molecular weight is 364 g/mol. The summed E-state index contributed by atoms with van der Waals surface area (Å²) in [4.78, 5) is 26.4. The van der Waals surface area contributed by atoms with Gasteiger partial charge in [-0.25, -0.2) is 8.42 Å². The molecule has 0 spiro atoms. The van der Waals surface area contributed by atoms with Crippen LogP contribution in [0.5, 0.6) is 0 Å². The van der Waals surface area contributed by atoms with Gasteiger partial charge in [0.1, 0.15) is 0 Å². The fraction of sp³-hybridized carbons (Fsp3) is 0.556. The van der Waals surface area contributed by atoms with Gasteiger partial charge in [-0.15, -0.1) is 0 Å². The Morgan fingerprint density at radius 2 is 2.00 bits per heavy atom. The molecule has 2 aliphatic rings. The highest BCUT2D eigenvalue weighted by Crippen LogP contribution is 2.26. The molecule has 0 bridgehead atoms. The van der Waals surface area contributed by atoms with E-state index in [1.165, 1.54) is 0 Å². The van der Waals surface area contributed by atoms with E-state index < -0.39 is 21.3 Å². The number of amides is 2. The van der Waals surface area contributed by atoms with Crippen molar-refractivity contribution in [3.63, 3.8) is 0 Å². The monoisotopic (exact) mass is 364 g/mol. The van der Waals surface area contributed by atoms with Crippen molar-refractivity contribution in [2.75, 3.05) is 18.1 Å². The zero-order valence-electron chi connectivity index (χ0n) is 14.6. The van der Waals surface area contributed by atoms with Crippen molar-refractivity contribution in [3.05, 3.63) is 35.4 Å². The van der Waals surface area contributed by atoms with Gasteiger partial charge in [-0.3, -0.25) is 9.59 Å². The molecule has 136 valence electrons. The Morgan fingerprint density at radius 1 is 1.32 bits per heavy atom. The number of nitrogens with one attached hydrogen (secondary N) is 1. The minimum Gasteiger partial charge on any atom is -0.350 e. The van der Waals surface area contributed by atoms with Gasteiger partial charge in [-0.2, -0.15) is 0 Å². The minimum absolute atomic E-state index is 0.0283. The Bertz CT molecular complexity index is 788. The van der Waals surface area contributed by atoms with Gasteiger partial charge in [0, 0.05) is 19.5 Å². The van der Waals surface area contributed by atoms with Crippen LogP contribution in [0.4, 0.5) is 0 Å². The number of hydrogen-bond acceptors (Lipinski definition) is 4. The molecule has 2 amide bonds. The molecule has 3 rings (SSSR count). The standard InChI is InChI=1S/C18H24N2O4S/c1-13-3-5-14(6-4-13)10-20-11-15(9-16(20)21)17(22)19-18(2)7-8-25(23,24)12-18/h3-6,15H,7-12H2,1-2H3,(H,19,22). The van der Waals surface area contributed by atoms with Crippen molar-refractivity contribution in [1.82, 2.24) is 10.2 Å². The highest BCUT2D eigenvalue weighted by atomic mass is 32.2. The first-order valence-corrected chi connectivity index (χ1v) is 10.3. The summed E-state index contributed by atoms with van der Waals surface area (Å²) in [5.74, 6) is -0.603. The van der Waals surface area contributed by atoms with Crippen LogP contribution in [0.2, 0.25) is 0 Å². The normalized spacial score (nSPS) is 28.3. The van der Waals surface area contributed by atoms with E-state index in [1.54, 1.807) is 11.8 Å². The molecular weight excluding hydrogens is 340 g/mol. The second-order valence-electron chi connectivity index (χ2n) is 7.55. The van der Waals surface area contributed by atoms with Gasteiger partial charge in [0.2, 0.25) is 11.8 Å². The number of aryl methyl sites for hydroxylation is 1. The number of rotatable bonds is 4. The summed E-state index contributed by atoms with van der Waals surface area (Å²) in [5.41, 5.74) is 1.48. The number of carbonyl (C=O) groups is 2. The number of sulfone groups is 1. The predicted molar refractivity (Wildman–Crippen MR) is 94.5 cm³/mol. The lowest BCUT2D eigenvalue weighted by Gasteiger charge is -2.25. The van der Waals surface area contributed by atoms with Gasteiger partial charge in [-0.1, -0.05) is 29.8 Å². The Morgan fingerprint density at radius 3 is 2.60 bits per heavy atom. The summed E-state index contributed by atoms with van der Waals surface area (Å²) in [6.45, 7) is 4.64. The van der Waals surface area contributed by atoms with E-state index in [9.17, 15) is 18.0 Å². The summed E-state index contributed by atoms with van der Waals surface area (Å²) in [6.07, 6.45) is 0.606. The number of nitrogens with zero attached hydrogens (tertiary/aromatic N) is 1. The van der Waals surface area contributed by atoms with Crippen LogP contribution in [0.25, 0.3) is 0 Å². The lowest BCUT2D eigenvalue weighted by Crippen LogP contribution is -2.49. The Hall–Kier alpha value is -1.89. The molecule has 2 atom stereocenters. The van der Waals surface area contributed by atoms with E-state index in [1.807, 2.05) is 31.2 Å². The SMILES string of the molecule is Cc1ccc(CN2CC(C(=O)NC3(C)CCS(=O)(=O)C3)CC2=O)cc1. The molecule has 0 aromatic heterocycles. The fourth-order valence-corrected chi connectivity index (χ4v) is 5.62. The van der Waals surface area contributed by atoms with Crippen LogP contribution in [0, 0.1) is 12.8 Å².